The van der Waals surface area contributed by atoms with Gasteiger partial charge >= 0.3 is 6.03 Å². The van der Waals surface area contributed by atoms with Crippen LogP contribution in [0.2, 0.25) is 0 Å². The summed E-state index contributed by atoms with van der Waals surface area (Å²) < 4.78 is 5.55. The minimum atomic E-state index is -0.493. The summed E-state index contributed by atoms with van der Waals surface area (Å²) in [6.45, 7) is 3.39. The first-order chi connectivity index (χ1) is 12.5. The Balaban J connectivity index is 1.50. The van der Waals surface area contributed by atoms with Crippen LogP contribution >= 0.6 is 11.8 Å². The molecule has 26 heavy (non-hydrogen) atoms. The molecule has 3 heterocycles. The number of aromatic nitrogens is 2. The first kappa shape index (κ1) is 18.7. The second kappa shape index (κ2) is 8.52. The van der Waals surface area contributed by atoms with Gasteiger partial charge in [0.25, 0.3) is 5.22 Å². The van der Waals surface area contributed by atoms with Gasteiger partial charge < -0.3 is 14.6 Å². The fourth-order valence-corrected chi connectivity index (χ4v) is 3.83. The molecule has 0 bridgehead atoms. The molecule has 2 atom stereocenters. The first-order valence-electron chi connectivity index (χ1n) is 8.87. The third kappa shape index (κ3) is 4.75. The van der Waals surface area contributed by atoms with Crippen LogP contribution in [0.15, 0.2) is 9.64 Å². The van der Waals surface area contributed by atoms with Gasteiger partial charge in [0.1, 0.15) is 0 Å². The van der Waals surface area contributed by atoms with Crippen LogP contribution in [-0.2, 0) is 16.0 Å². The Kier molecular flexibility index (Phi) is 6.12. The van der Waals surface area contributed by atoms with Crippen LogP contribution in [0.4, 0.5) is 4.79 Å². The molecule has 0 aromatic carbocycles. The lowest BCUT2D eigenvalue weighted by Crippen LogP contribution is -2.57. The third-order valence-electron chi connectivity index (χ3n) is 4.66. The van der Waals surface area contributed by atoms with Crippen molar-refractivity contribution in [2.45, 2.75) is 50.3 Å². The molecule has 0 aliphatic carbocycles. The van der Waals surface area contributed by atoms with E-state index >= 15 is 0 Å². The van der Waals surface area contributed by atoms with Crippen molar-refractivity contribution < 1.29 is 18.8 Å². The van der Waals surface area contributed by atoms with Gasteiger partial charge in [0.15, 0.2) is 0 Å². The molecule has 9 nitrogen and oxygen atoms in total. The normalized spacial score (nSPS) is 24.0. The van der Waals surface area contributed by atoms with Gasteiger partial charge in [-0.05, 0) is 19.8 Å². The zero-order chi connectivity index (χ0) is 18.5. The van der Waals surface area contributed by atoms with Crippen LogP contribution in [0.3, 0.4) is 0 Å². The molecule has 2 aliphatic rings. The summed E-state index contributed by atoms with van der Waals surface area (Å²) in [5.41, 5.74) is 0. The Morgan fingerprint density at radius 1 is 1.23 bits per heavy atom. The van der Waals surface area contributed by atoms with Crippen LogP contribution in [0.5, 0.6) is 0 Å². The number of nitrogens with zero attached hydrogens (tertiary/aromatic N) is 3. The second-order valence-electron chi connectivity index (χ2n) is 6.61. The average Bonchev–Trinajstić information content (AvgIpc) is 2.86. The number of carbonyl (C=O) groups excluding carboxylic acids is 3. The number of rotatable bonds is 5. The number of thioether (sulfide) groups is 1. The van der Waals surface area contributed by atoms with Crippen molar-refractivity contribution in [1.82, 2.24) is 25.7 Å². The smallest absolute Gasteiger partial charge is 0.321 e. The van der Waals surface area contributed by atoms with Crippen molar-refractivity contribution >= 4 is 29.6 Å². The summed E-state index contributed by atoms with van der Waals surface area (Å²) in [6.07, 6.45) is 4.70. The molecule has 2 unspecified atom stereocenters. The van der Waals surface area contributed by atoms with Gasteiger partial charge in [0.2, 0.25) is 17.7 Å². The van der Waals surface area contributed by atoms with Gasteiger partial charge in [-0.2, -0.15) is 0 Å². The third-order valence-corrected chi connectivity index (χ3v) is 5.46. The molecular weight excluding hydrogens is 358 g/mol. The van der Waals surface area contributed by atoms with E-state index in [-0.39, 0.29) is 30.0 Å². The van der Waals surface area contributed by atoms with E-state index in [1.807, 2.05) is 4.90 Å². The standard InChI is InChI=1S/C16H23N5O4S/c1-10-11(14(23)18-15(24)17-10)8-12-19-20-16(25-12)26-9-13(22)21-6-4-2-3-5-7-21/h10-11H,2-9H2,1H3,(H2,17,18,23,24). The average molecular weight is 381 g/mol. The Hall–Kier alpha value is -2.10. The van der Waals surface area contributed by atoms with Gasteiger partial charge in [-0.3, -0.25) is 14.9 Å². The summed E-state index contributed by atoms with van der Waals surface area (Å²) in [5.74, 6) is -0.162. The molecule has 4 amide bonds. The summed E-state index contributed by atoms with van der Waals surface area (Å²) >= 11 is 1.21. The van der Waals surface area contributed by atoms with E-state index in [9.17, 15) is 14.4 Å². The Labute approximate surface area is 155 Å². The predicted molar refractivity (Wildman–Crippen MR) is 93.4 cm³/mol. The molecular formula is C16H23N5O4S. The summed E-state index contributed by atoms with van der Waals surface area (Å²) in [7, 11) is 0. The maximum absolute atomic E-state index is 12.3. The number of urea groups is 1. The van der Waals surface area contributed by atoms with Crippen LogP contribution in [0, 0.1) is 5.92 Å². The lowest BCUT2D eigenvalue weighted by Gasteiger charge is -2.27. The predicted octanol–water partition coefficient (Wildman–Crippen LogP) is 0.951. The highest BCUT2D eigenvalue weighted by molar-refractivity contribution is 7.99. The van der Waals surface area contributed by atoms with E-state index in [0.717, 1.165) is 25.9 Å². The highest BCUT2D eigenvalue weighted by Gasteiger charge is 2.34. The van der Waals surface area contributed by atoms with Crippen molar-refractivity contribution in [2.24, 2.45) is 5.92 Å². The Bertz CT molecular complexity index is 671. The number of carbonyl (C=O) groups is 3. The molecule has 0 radical (unpaired) electrons. The van der Waals surface area contributed by atoms with Crippen LogP contribution in [0.25, 0.3) is 0 Å². The van der Waals surface area contributed by atoms with Gasteiger partial charge in [0.05, 0.1) is 11.7 Å². The highest BCUT2D eigenvalue weighted by atomic mass is 32.2. The minimum absolute atomic E-state index is 0.0830. The number of hydrogen-bond acceptors (Lipinski definition) is 7. The first-order valence-corrected chi connectivity index (χ1v) is 9.86. The van der Waals surface area contributed by atoms with E-state index in [0.29, 0.717) is 11.1 Å². The Morgan fingerprint density at radius 2 is 1.96 bits per heavy atom. The molecule has 2 saturated heterocycles. The molecule has 1 aromatic heterocycles. The van der Waals surface area contributed by atoms with Crippen LogP contribution in [0.1, 0.15) is 38.5 Å². The SMILES string of the molecule is CC1NC(=O)NC(=O)C1Cc1nnc(SCC(=O)N2CCCCCC2)o1. The second-order valence-corrected chi connectivity index (χ2v) is 7.53. The topological polar surface area (TPSA) is 117 Å². The largest absolute Gasteiger partial charge is 0.416 e. The quantitative estimate of drug-likeness (QED) is 0.729. The Morgan fingerprint density at radius 3 is 2.65 bits per heavy atom. The summed E-state index contributed by atoms with van der Waals surface area (Å²) in [6, 6.07) is -0.809. The minimum Gasteiger partial charge on any atom is -0.416 e. The summed E-state index contributed by atoms with van der Waals surface area (Å²) in [5, 5.41) is 13.1. The van der Waals surface area contributed by atoms with Gasteiger partial charge in [-0.15, -0.1) is 10.2 Å². The fourth-order valence-electron chi connectivity index (χ4n) is 3.15. The van der Waals surface area contributed by atoms with Crippen molar-refractivity contribution in [1.29, 1.82) is 0 Å². The van der Waals surface area contributed by atoms with Crippen molar-refractivity contribution in [3.63, 3.8) is 0 Å². The van der Waals surface area contributed by atoms with E-state index in [1.165, 1.54) is 24.6 Å². The highest BCUT2D eigenvalue weighted by Crippen LogP contribution is 2.21. The zero-order valence-electron chi connectivity index (χ0n) is 14.7. The summed E-state index contributed by atoms with van der Waals surface area (Å²) in [4.78, 5) is 37.4. The molecule has 142 valence electrons. The lowest BCUT2D eigenvalue weighted by molar-refractivity contribution is -0.128. The lowest BCUT2D eigenvalue weighted by atomic mass is 9.95. The molecule has 2 aliphatic heterocycles. The molecule has 10 heteroatoms. The molecule has 2 fully saturated rings. The van der Waals surface area contributed by atoms with E-state index in [1.54, 1.807) is 6.92 Å². The van der Waals surface area contributed by atoms with Crippen molar-refractivity contribution in [3.8, 4) is 0 Å². The fraction of sp³-hybridized carbons (Fsp3) is 0.688. The molecule has 3 rings (SSSR count). The molecule has 0 spiro atoms. The van der Waals surface area contributed by atoms with Crippen LogP contribution < -0.4 is 10.6 Å². The van der Waals surface area contributed by atoms with Gasteiger partial charge in [0, 0.05) is 25.6 Å². The number of nitrogens with one attached hydrogen (secondary N) is 2. The van der Waals surface area contributed by atoms with Crippen molar-refractivity contribution in [2.75, 3.05) is 18.8 Å². The number of likely N-dealkylation sites (tertiary alicyclic amines) is 1. The monoisotopic (exact) mass is 381 g/mol. The van der Waals surface area contributed by atoms with Gasteiger partial charge in [-0.1, -0.05) is 24.6 Å². The maximum Gasteiger partial charge on any atom is 0.321 e. The molecule has 2 N–H and O–H groups in total. The van der Waals surface area contributed by atoms with Crippen LogP contribution in [-0.4, -0.2) is 57.8 Å². The zero-order valence-corrected chi connectivity index (χ0v) is 15.5. The number of hydrogen-bond donors (Lipinski definition) is 2. The van der Waals surface area contributed by atoms with Gasteiger partial charge in [-0.25, -0.2) is 4.79 Å². The van der Waals surface area contributed by atoms with E-state index in [2.05, 4.69) is 20.8 Å². The van der Waals surface area contributed by atoms with E-state index < -0.39 is 11.9 Å². The number of amides is 4. The molecule has 1 aromatic rings. The maximum atomic E-state index is 12.3. The van der Waals surface area contributed by atoms with E-state index in [4.69, 9.17) is 4.42 Å². The van der Waals surface area contributed by atoms with Crippen molar-refractivity contribution in [3.05, 3.63) is 5.89 Å². The molecule has 0 saturated carbocycles. The number of imide groups is 1.